The molecule has 1 saturated heterocycles. The highest BCUT2D eigenvalue weighted by Crippen LogP contribution is 2.23. The van der Waals surface area contributed by atoms with Crippen LogP contribution >= 0.6 is 0 Å². The molecule has 8 nitrogen and oxygen atoms in total. The zero-order valence-electron chi connectivity index (χ0n) is 17.3. The quantitative estimate of drug-likeness (QED) is 0.673. The Kier molecular flexibility index (Phi) is 6.18. The van der Waals surface area contributed by atoms with Gasteiger partial charge in [0, 0.05) is 25.6 Å². The third-order valence-corrected chi connectivity index (χ3v) is 5.53. The second kappa shape index (κ2) is 9.18. The van der Waals surface area contributed by atoms with Crippen molar-refractivity contribution in [2.75, 3.05) is 20.2 Å². The van der Waals surface area contributed by atoms with E-state index in [2.05, 4.69) is 4.98 Å². The van der Waals surface area contributed by atoms with Crippen LogP contribution in [0.3, 0.4) is 0 Å². The number of carbonyl (C=O) groups is 1. The molecule has 0 spiro atoms. The summed E-state index contributed by atoms with van der Waals surface area (Å²) in [7, 11) is 1.58. The Morgan fingerprint density at radius 2 is 1.90 bits per heavy atom. The molecule has 31 heavy (non-hydrogen) atoms. The first-order valence-electron chi connectivity index (χ1n) is 10.3. The molecule has 2 atom stereocenters. The number of ether oxygens (including phenoxy) is 2. The van der Waals surface area contributed by atoms with E-state index in [-0.39, 0.29) is 18.0 Å². The van der Waals surface area contributed by atoms with Gasteiger partial charge in [0.2, 0.25) is 5.91 Å². The van der Waals surface area contributed by atoms with E-state index in [1.54, 1.807) is 36.3 Å². The van der Waals surface area contributed by atoms with E-state index in [9.17, 15) is 14.7 Å². The summed E-state index contributed by atoms with van der Waals surface area (Å²) in [6.45, 7) is 0.738. The fourth-order valence-electron chi connectivity index (χ4n) is 3.76. The molecule has 0 bridgehead atoms. The normalized spacial score (nSPS) is 19.1. The van der Waals surface area contributed by atoms with Crippen molar-refractivity contribution in [3.05, 3.63) is 65.2 Å². The Morgan fingerprint density at radius 1 is 1.13 bits per heavy atom. The molecule has 2 heterocycles. The van der Waals surface area contributed by atoms with Crippen molar-refractivity contribution in [1.82, 2.24) is 14.5 Å². The third kappa shape index (κ3) is 4.69. The molecule has 0 aliphatic carbocycles. The number of aliphatic hydroxyl groups is 1. The lowest BCUT2D eigenvalue weighted by atomic mass is 10.1. The van der Waals surface area contributed by atoms with Gasteiger partial charge in [-0.1, -0.05) is 18.2 Å². The standard InChI is InChI=1S/C23H25N3O5/c1-30-16-5-4-6-17(13-16)31-21-10-12-25(11-9-20(21)27)22(28)14-26-15-24-19-8-3-2-7-18(19)23(26)29/h2-8,13,15,20-21,27H,9-12,14H2,1H3/t20-,21-/m0/s1. The van der Waals surface area contributed by atoms with Gasteiger partial charge in [-0.05, 0) is 30.7 Å². The average molecular weight is 423 g/mol. The fourth-order valence-corrected chi connectivity index (χ4v) is 3.76. The van der Waals surface area contributed by atoms with Crippen molar-refractivity contribution in [1.29, 1.82) is 0 Å². The van der Waals surface area contributed by atoms with Gasteiger partial charge in [-0.15, -0.1) is 0 Å². The van der Waals surface area contributed by atoms with Gasteiger partial charge >= 0.3 is 0 Å². The molecular formula is C23H25N3O5. The number of rotatable bonds is 5. The molecule has 0 radical (unpaired) electrons. The van der Waals surface area contributed by atoms with Crippen molar-refractivity contribution in [3.63, 3.8) is 0 Å². The number of fused-ring (bicyclic) bond motifs is 1. The van der Waals surface area contributed by atoms with Crippen molar-refractivity contribution >= 4 is 16.8 Å². The van der Waals surface area contributed by atoms with Crippen LogP contribution in [0.25, 0.3) is 10.9 Å². The summed E-state index contributed by atoms with van der Waals surface area (Å²) in [4.78, 5) is 31.5. The van der Waals surface area contributed by atoms with Crippen LogP contribution < -0.4 is 15.0 Å². The number of carbonyl (C=O) groups excluding carboxylic acids is 1. The third-order valence-electron chi connectivity index (χ3n) is 5.53. The lowest BCUT2D eigenvalue weighted by Crippen LogP contribution is -2.37. The number of likely N-dealkylation sites (tertiary alicyclic amines) is 1. The van der Waals surface area contributed by atoms with Gasteiger partial charge in [0.1, 0.15) is 24.1 Å². The topological polar surface area (TPSA) is 93.9 Å². The lowest BCUT2D eigenvalue weighted by molar-refractivity contribution is -0.131. The largest absolute Gasteiger partial charge is 0.497 e. The highest BCUT2D eigenvalue weighted by molar-refractivity contribution is 5.79. The molecule has 1 aliphatic rings. The van der Waals surface area contributed by atoms with Gasteiger partial charge in [-0.3, -0.25) is 14.2 Å². The molecule has 1 aliphatic heterocycles. The van der Waals surface area contributed by atoms with E-state index in [1.807, 2.05) is 24.3 Å². The molecule has 1 N–H and O–H groups in total. The van der Waals surface area contributed by atoms with E-state index in [1.165, 1.54) is 10.9 Å². The number of para-hydroxylation sites is 1. The summed E-state index contributed by atoms with van der Waals surface area (Å²) in [5.74, 6) is 1.09. The number of nitrogens with zero attached hydrogens (tertiary/aromatic N) is 3. The predicted molar refractivity (Wildman–Crippen MR) is 115 cm³/mol. The molecule has 8 heteroatoms. The number of hydrogen-bond donors (Lipinski definition) is 1. The van der Waals surface area contributed by atoms with Crippen molar-refractivity contribution in [3.8, 4) is 11.5 Å². The Bertz CT molecular complexity index is 1130. The molecule has 1 fully saturated rings. The molecule has 1 amide bonds. The monoisotopic (exact) mass is 423 g/mol. The van der Waals surface area contributed by atoms with Gasteiger partial charge in [-0.2, -0.15) is 0 Å². The van der Waals surface area contributed by atoms with Crippen LogP contribution in [0.2, 0.25) is 0 Å². The van der Waals surface area contributed by atoms with Gasteiger partial charge in [-0.25, -0.2) is 4.98 Å². The number of hydrogen-bond acceptors (Lipinski definition) is 6. The van der Waals surface area contributed by atoms with Crippen LogP contribution in [0.15, 0.2) is 59.7 Å². The van der Waals surface area contributed by atoms with Crippen LogP contribution in [0, 0.1) is 0 Å². The highest BCUT2D eigenvalue weighted by atomic mass is 16.5. The zero-order valence-corrected chi connectivity index (χ0v) is 17.3. The molecule has 3 aromatic rings. The summed E-state index contributed by atoms with van der Waals surface area (Å²) in [5, 5.41) is 11.0. The first-order chi connectivity index (χ1) is 15.0. The van der Waals surface area contributed by atoms with Crippen LogP contribution in [0.4, 0.5) is 0 Å². The Hall–Kier alpha value is -3.39. The summed E-state index contributed by atoms with van der Waals surface area (Å²) in [6.07, 6.45) is 1.15. The van der Waals surface area contributed by atoms with Gasteiger partial charge < -0.3 is 19.5 Å². The minimum absolute atomic E-state index is 0.0891. The van der Waals surface area contributed by atoms with E-state index in [0.717, 1.165) is 0 Å². The van der Waals surface area contributed by atoms with Gasteiger partial charge in [0.25, 0.3) is 5.56 Å². The maximum Gasteiger partial charge on any atom is 0.261 e. The second-order valence-electron chi connectivity index (χ2n) is 7.56. The number of methoxy groups -OCH3 is 1. The SMILES string of the molecule is COc1cccc(O[C@H]2CCN(C(=O)Cn3cnc4ccccc4c3=O)CC[C@@H]2O)c1. The number of aliphatic hydroxyl groups excluding tert-OH is 1. The van der Waals surface area contributed by atoms with Crippen LogP contribution in [-0.4, -0.2) is 57.9 Å². The van der Waals surface area contributed by atoms with Crippen molar-refractivity contribution < 1.29 is 19.4 Å². The summed E-state index contributed by atoms with van der Waals surface area (Å²) in [5.41, 5.74) is 0.361. The van der Waals surface area contributed by atoms with Crippen molar-refractivity contribution in [2.45, 2.75) is 31.6 Å². The predicted octanol–water partition coefficient (Wildman–Crippen LogP) is 1.84. The second-order valence-corrected chi connectivity index (χ2v) is 7.56. The van der Waals surface area contributed by atoms with Crippen LogP contribution in [0.5, 0.6) is 11.5 Å². The van der Waals surface area contributed by atoms with E-state index < -0.39 is 12.2 Å². The molecule has 4 rings (SSSR count). The lowest BCUT2D eigenvalue weighted by Gasteiger charge is -2.22. The minimum atomic E-state index is -0.700. The zero-order chi connectivity index (χ0) is 21.8. The van der Waals surface area contributed by atoms with E-state index in [4.69, 9.17) is 9.47 Å². The highest BCUT2D eigenvalue weighted by Gasteiger charge is 2.28. The maximum absolute atomic E-state index is 12.9. The van der Waals surface area contributed by atoms with Crippen LogP contribution in [-0.2, 0) is 11.3 Å². The Morgan fingerprint density at radius 3 is 2.74 bits per heavy atom. The minimum Gasteiger partial charge on any atom is -0.497 e. The summed E-state index contributed by atoms with van der Waals surface area (Å²) in [6, 6.07) is 14.3. The van der Waals surface area contributed by atoms with Crippen LogP contribution in [0.1, 0.15) is 12.8 Å². The average Bonchev–Trinajstić information content (AvgIpc) is 2.97. The van der Waals surface area contributed by atoms with Gasteiger partial charge in [0.05, 0.1) is 30.4 Å². The fraction of sp³-hybridized carbons (Fsp3) is 0.348. The Labute approximate surface area is 179 Å². The molecule has 162 valence electrons. The summed E-state index contributed by atoms with van der Waals surface area (Å²) >= 11 is 0. The molecule has 1 aromatic heterocycles. The number of aromatic nitrogens is 2. The number of benzene rings is 2. The molecule has 0 unspecified atom stereocenters. The summed E-state index contributed by atoms with van der Waals surface area (Å²) < 4.78 is 12.5. The van der Waals surface area contributed by atoms with E-state index >= 15 is 0 Å². The van der Waals surface area contributed by atoms with E-state index in [0.29, 0.717) is 48.3 Å². The van der Waals surface area contributed by atoms with Gasteiger partial charge in [0.15, 0.2) is 0 Å². The molecule has 2 aromatic carbocycles. The number of amides is 1. The smallest absolute Gasteiger partial charge is 0.261 e. The first kappa shape index (κ1) is 20.9. The van der Waals surface area contributed by atoms with Crippen molar-refractivity contribution in [2.24, 2.45) is 0 Å². The maximum atomic E-state index is 12.9. The Balaban J connectivity index is 1.42. The molecular weight excluding hydrogens is 398 g/mol. The molecule has 0 saturated carbocycles. The first-order valence-corrected chi connectivity index (χ1v) is 10.3.